The van der Waals surface area contributed by atoms with Crippen LogP contribution >= 0.6 is 15.9 Å². The zero-order chi connectivity index (χ0) is 13.9. The SMILES string of the molecule is N#Cc1cccc(CS(=O)(=O)c2cccc(Br)c2)c1. The van der Waals surface area contributed by atoms with E-state index in [1.807, 2.05) is 6.07 Å². The summed E-state index contributed by atoms with van der Waals surface area (Å²) < 4.78 is 25.2. The largest absolute Gasteiger partial charge is 0.223 e. The molecule has 0 bridgehead atoms. The molecule has 2 rings (SSSR count). The zero-order valence-electron chi connectivity index (χ0n) is 9.88. The molecule has 0 aliphatic heterocycles. The molecule has 0 saturated heterocycles. The van der Waals surface area contributed by atoms with Crippen molar-refractivity contribution >= 4 is 25.8 Å². The predicted octanol–water partition coefficient (Wildman–Crippen LogP) is 3.29. The first-order valence-electron chi connectivity index (χ1n) is 5.49. The molecule has 0 heterocycles. The summed E-state index contributed by atoms with van der Waals surface area (Å²) in [4.78, 5) is 0.268. The van der Waals surface area contributed by atoms with Crippen LogP contribution in [0.5, 0.6) is 0 Å². The van der Waals surface area contributed by atoms with Gasteiger partial charge in [-0.15, -0.1) is 0 Å². The minimum atomic E-state index is -3.40. The maximum Gasteiger partial charge on any atom is 0.182 e. The first-order chi connectivity index (χ1) is 9.01. The van der Waals surface area contributed by atoms with Gasteiger partial charge in [-0.3, -0.25) is 0 Å². The van der Waals surface area contributed by atoms with Crippen LogP contribution in [0.3, 0.4) is 0 Å². The molecule has 0 aliphatic rings. The molecule has 2 aromatic carbocycles. The van der Waals surface area contributed by atoms with Gasteiger partial charge in [-0.1, -0.05) is 34.1 Å². The molecule has 0 radical (unpaired) electrons. The Hall–Kier alpha value is -1.64. The molecule has 0 atom stereocenters. The first kappa shape index (κ1) is 13.8. The molecule has 2 aromatic rings. The highest BCUT2D eigenvalue weighted by Gasteiger charge is 2.15. The summed E-state index contributed by atoms with van der Waals surface area (Å²) in [6.07, 6.45) is 0. The van der Waals surface area contributed by atoms with Gasteiger partial charge in [0.15, 0.2) is 9.84 Å². The summed E-state index contributed by atoms with van der Waals surface area (Å²) in [6, 6.07) is 15.2. The highest BCUT2D eigenvalue weighted by molar-refractivity contribution is 9.10. The summed E-state index contributed by atoms with van der Waals surface area (Å²) in [5.41, 5.74) is 1.07. The first-order valence-corrected chi connectivity index (χ1v) is 7.93. The molecule has 3 nitrogen and oxygen atoms in total. The molecular formula is C14H10BrNO2S. The van der Waals surface area contributed by atoms with Crippen molar-refractivity contribution in [3.8, 4) is 6.07 Å². The van der Waals surface area contributed by atoms with Crippen molar-refractivity contribution in [1.82, 2.24) is 0 Å². The van der Waals surface area contributed by atoms with Crippen LogP contribution in [-0.2, 0) is 15.6 Å². The van der Waals surface area contributed by atoms with Crippen molar-refractivity contribution < 1.29 is 8.42 Å². The van der Waals surface area contributed by atoms with Gasteiger partial charge in [-0.25, -0.2) is 8.42 Å². The molecule has 0 aliphatic carbocycles. The number of sulfone groups is 1. The van der Waals surface area contributed by atoms with Crippen LogP contribution in [0.15, 0.2) is 57.9 Å². The summed E-state index contributed by atoms with van der Waals surface area (Å²) >= 11 is 3.26. The van der Waals surface area contributed by atoms with Crippen molar-refractivity contribution in [2.45, 2.75) is 10.6 Å². The summed E-state index contributed by atoms with van der Waals surface area (Å²) in [5, 5.41) is 8.81. The molecule has 0 spiro atoms. The average molecular weight is 336 g/mol. The molecular weight excluding hydrogens is 326 g/mol. The van der Waals surface area contributed by atoms with E-state index in [4.69, 9.17) is 5.26 Å². The Morgan fingerprint density at radius 2 is 1.84 bits per heavy atom. The molecule has 0 unspecified atom stereocenters. The number of benzene rings is 2. The Bertz CT molecular complexity index is 748. The van der Waals surface area contributed by atoms with E-state index >= 15 is 0 Å². The lowest BCUT2D eigenvalue weighted by Crippen LogP contribution is -2.05. The average Bonchev–Trinajstić information content (AvgIpc) is 2.38. The van der Waals surface area contributed by atoms with Gasteiger partial charge in [0, 0.05) is 4.47 Å². The third-order valence-corrected chi connectivity index (χ3v) is 4.75. The number of halogens is 1. The molecule has 0 N–H and O–H groups in total. The van der Waals surface area contributed by atoms with Crippen LogP contribution in [0, 0.1) is 11.3 Å². The molecule has 5 heteroatoms. The molecule has 0 amide bonds. The van der Waals surface area contributed by atoms with Gasteiger partial charge in [0.05, 0.1) is 22.3 Å². The summed E-state index contributed by atoms with van der Waals surface area (Å²) in [6.45, 7) is 0. The van der Waals surface area contributed by atoms with Gasteiger partial charge < -0.3 is 0 Å². The fourth-order valence-corrected chi connectivity index (χ4v) is 3.62. The number of hydrogen-bond donors (Lipinski definition) is 0. The second-order valence-electron chi connectivity index (χ2n) is 4.03. The van der Waals surface area contributed by atoms with Crippen LogP contribution in [-0.4, -0.2) is 8.42 Å². The third kappa shape index (κ3) is 3.43. The van der Waals surface area contributed by atoms with Crippen LogP contribution in [0.4, 0.5) is 0 Å². The minimum Gasteiger partial charge on any atom is -0.223 e. The Labute approximate surface area is 120 Å². The van der Waals surface area contributed by atoms with Gasteiger partial charge in [-0.05, 0) is 35.9 Å². The van der Waals surface area contributed by atoms with Gasteiger partial charge in [0.25, 0.3) is 0 Å². The minimum absolute atomic E-state index is 0.112. The van der Waals surface area contributed by atoms with E-state index in [9.17, 15) is 8.42 Å². The van der Waals surface area contributed by atoms with Crippen LogP contribution in [0.25, 0.3) is 0 Å². The lowest BCUT2D eigenvalue weighted by atomic mass is 10.2. The van der Waals surface area contributed by atoms with Crippen LogP contribution < -0.4 is 0 Å². The molecule has 19 heavy (non-hydrogen) atoms. The maximum absolute atomic E-state index is 12.2. The lowest BCUT2D eigenvalue weighted by Gasteiger charge is -2.05. The predicted molar refractivity (Wildman–Crippen MR) is 76.2 cm³/mol. The fraction of sp³-hybridized carbons (Fsp3) is 0.0714. The van der Waals surface area contributed by atoms with E-state index < -0.39 is 9.84 Å². The lowest BCUT2D eigenvalue weighted by molar-refractivity contribution is 0.595. The van der Waals surface area contributed by atoms with Crippen molar-refractivity contribution in [2.75, 3.05) is 0 Å². The third-order valence-electron chi connectivity index (χ3n) is 2.57. The summed E-state index contributed by atoms with van der Waals surface area (Å²) in [5.74, 6) is -0.112. The van der Waals surface area contributed by atoms with Crippen molar-refractivity contribution in [2.24, 2.45) is 0 Å². The Morgan fingerprint density at radius 1 is 1.11 bits per heavy atom. The number of nitriles is 1. The number of hydrogen-bond acceptors (Lipinski definition) is 3. The topological polar surface area (TPSA) is 57.9 Å². The Morgan fingerprint density at radius 3 is 2.53 bits per heavy atom. The highest BCUT2D eigenvalue weighted by atomic mass is 79.9. The maximum atomic E-state index is 12.2. The molecule has 0 saturated carbocycles. The molecule has 96 valence electrons. The monoisotopic (exact) mass is 335 g/mol. The van der Waals surface area contributed by atoms with E-state index in [0.29, 0.717) is 11.1 Å². The van der Waals surface area contributed by atoms with Crippen molar-refractivity contribution in [1.29, 1.82) is 5.26 Å². The van der Waals surface area contributed by atoms with Gasteiger partial charge in [-0.2, -0.15) is 5.26 Å². The Balaban J connectivity index is 2.34. The quantitative estimate of drug-likeness (QED) is 0.864. The molecule has 0 aromatic heterocycles. The van der Waals surface area contributed by atoms with E-state index in [1.165, 1.54) is 0 Å². The highest BCUT2D eigenvalue weighted by Crippen LogP contribution is 2.20. The van der Waals surface area contributed by atoms with E-state index in [1.54, 1.807) is 48.5 Å². The van der Waals surface area contributed by atoms with E-state index in [2.05, 4.69) is 15.9 Å². The smallest absolute Gasteiger partial charge is 0.182 e. The fourth-order valence-electron chi connectivity index (χ4n) is 1.69. The van der Waals surface area contributed by atoms with Crippen LogP contribution in [0.2, 0.25) is 0 Å². The van der Waals surface area contributed by atoms with E-state index in [0.717, 1.165) is 4.47 Å². The van der Waals surface area contributed by atoms with Crippen LogP contribution in [0.1, 0.15) is 11.1 Å². The van der Waals surface area contributed by atoms with Gasteiger partial charge in [0.2, 0.25) is 0 Å². The van der Waals surface area contributed by atoms with Gasteiger partial charge >= 0.3 is 0 Å². The standard InChI is InChI=1S/C14H10BrNO2S/c15-13-5-2-6-14(8-13)19(17,18)10-12-4-1-3-11(7-12)9-16/h1-8H,10H2. The zero-order valence-corrected chi connectivity index (χ0v) is 12.3. The van der Waals surface area contributed by atoms with E-state index in [-0.39, 0.29) is 10.6 Å². The van der Waals surface area contributed by atoms with Crippen molar-refractivity contribution in [3.05, 3.63) is 64.1 Å². The van der Waals surface area contributed by atoms with Crippen molar-refractivity contribution in [3.63, 3.8) is 0 Å². The van der Waals surface area contributed by atoms with Gasteiger partial charge in [0.1, 0.15) is 0 Å². The number of nitrogens with zero attached hydrogens (tertiary/aromatic N) is 1. The normalized spacial score (nSPS) is 10.9. The Kier molecular flexibility index (Phi) is 4.03. The second-order valence-corrected chi connectivity index (χ2v) is 6.93. The summed E-state index contributed by atoms with van der Waals surface area (Å²) in [7, 11) is -3.40. The molecule has 0 fully saturated rings. The number of rotatable bonds is 3. The second kappa shape index (κ2) is 5.55.